The number of rotatable bonds is 5. The van der Waals surface area contributed by atoms with Gasteiger partial charge in [0.2, 0.25) is 0 Å². The summed E-state index contributed by atoms with van der Waals surface area (Å²) in [6.07, 6.45) is -0.952. The van der Waals surface area contributed by atoms with E-state index < -0.39 is 17.7 Å². The summed E-state index contributed by atoms with van der Waals surface area (Å²) < 4.78 is 44.2. The maximum absolute atomic E-state index is 12.7. The summed E-state index contributed by atoms with van der Waals surface area (Å²) in [6, 6.07) is 2.09. The molecule has 0 fully saturated rings. The van der Waals surface area contributed by atoms with Crippen molar-refractivity contribution < 1.29 is 27.4 Å². The molecule has 2 heterocycles. The maximum atomic E-state index is 12.7. The van der Waals surface area contributed by atoms with Crippen LogP contribution >= 0.6 is 0 Å². The first kappa shape index (κ1) is 18.4. The van der Waals surface area contributed by atoms with Crippen LogP contribution in [0.1, 0.15) is 22.8 Å². The Morgan fingerprint density at radius 3 is 2.68 bits per heavy atom. The molecule has 0 saturated heterocycles. The summed E-state index contributed by atoms with van der Waals surface area (Å²) >= 11 is 0. The number of carbonyl (C=O) groups excluding carboxylic acids is 1. The van der Waals surface area contributed by atoms with Crippen LogP contribution in [0.5, 0.6) is 0 Å². The van der Waals surface area contributed by atoms with E-state index in [1.807, 2.05) is 0 Å². The van der Waals surface area contributed by atoms with E-state index in [1.165, 1.54) is 23.3 Å². The number of nitrogens with one attached hydrogen (secondary N) is 1. The highest BCUT2D eigenvalue weighted by Crippen LogP contribution is 2.28. The van der Waals surface area contributed by atoms with Crippen molar-refractivity contribution in [3.8, 4) is 5.82 Å². The van der Waals surface area contributed by atoms with E-state index in [0.717, 1.165) is 6.07 Å². The lowest BCUT2D eigenvalue weighted by Crippen LogP contribution is -2.34. The summed E-state index contributed by atoms with van der Waals surface area (Å²) in [5, 5.41) is 2.75. The number of pyridine rings is 1. The molecule has 0 saturated carbocycles. The lowest BCUT2D eigenvalue weighted by Gasteiger charge is -2.04. The van der Waals surface area contributed by atoms with Gasteiger partial charge < -0.3 is 9.64 Å². The Morgan fingerprint density at radius 2 is 2.16 bits per heavy atom. The van der Waals surface area contributed by atoms with Gasteiger partial charge in [-0.1, -0.05) is 4.99 Å². The molecule has 134 valence electrons. The molecule has 0 aliphatic heterocycles. The summed E-state index contributed by atoms with van der Waals surface area (Å²) in [4.78, 5) is 21.7. The Labute approximate surface area is 141 Å². The van der Waals surface area contributed by atoms with Crippen molar-refractivity contribution in [2.45, 2.75) is 13.1 Å². The minimum Gasteiger partial charge on any atom is -0.462 e. The Hall–Kier alpha value is -2.91. The van der Waals surface area contributed by atoms with Crippen LogP contribution in [-0.4, -0.2) is 48.0 Å². The molecule has 0 aromatic carbocycles. The molecule has 2 aromatic rings. The van der Waals surface area contributed by atoms with Gasteiger partial charge in [0.05, 0.1) is 18.4 Å². The number of aromatic nitrogens is 3. The molecule has 2 rings (SSSR count). The molecule has 1 N–H and O–H groups in total. The molecule has 0 bridgehead atoms. The van der Waals surface area contributed by atoms with Crippen LogP contribution in [0.25, 0.3) is 5.82 Å². The monoisotopic (exact) mass is 356 g/mol. The van der Waals surface area contributed by atoms with Crippen molar-refractivity contribution in [1.29, 1.82) is 0 Å². The molecular formula is C15H17F3N5O2+. The van der Waals surface area contributed by atoms with E-state index in [1.54, 1.807) is 25.9 Å². The van der Waals surface area contributed by atoms with Gasteiger partial charge in [0, 0.05) is 20.2 Å². The zero-order valence-corrected chi connectivity index (χ0v) is 13.8. The Morgan fingerprint density at radius 1 is 1.44 bits per heavy atom. The van der Waals surface area contributed by atoms with Gasteiger partial charge in [-0.15, -0.1) is 9.67 Å². The standard InChI is InChI=1S/C15H16F3N5O2/c1-4-25-14(24)11-8-21-23(13(11)20-9-22(2)3)12-6-5-10(7-19-12)15(16,17)18/h5-9H,4H2,1-3H3/p+1. The lowest BCUT2D eigenvalue weighted by atomic mass is 10.3. The van der Waals surface area contributed by atoms with Gasteiger partial charge in [0.1, 0.15) is 6.20 Å². The predicted molar refractivity (Wildman–Crippen MR) is 82.9 cm³/mol. The number of aromatic amines is 1. The molecule has 7 nitrogen and oxygen atoms in total. The minimum absolute atomic E-state index is 0.140. The number of esters is 1. The third kappa shape index (κ3) is 4.34. The van der Waals surface area contributed by atoms with Crippen molar-refractivity contribution in [3.05, 3.63) is 35.7 Å². The fourth-order valence-electron chi connectivity index (χ4n) is 1.89. The van der Waals surface area contributed by atoms with E-state index in [2.05, 4.69) is 15.1 Å². The zero-order valence-electron chi connectivity index (χ0n) is 13.8. The topological polar surface area (TPSA) is 74.5 Å². The van der Waals surface area contributed by atoms with Gasteiger partial charge in [-0.2, -0.15) is 13.2 Å². The highest BCUT2D eigenvalue weighted by molar-refractivity contribution is 5.93. The van der Waals surface area contributed by atoms with Gasteiger partial charge >= 0.3 is 18.0 Å². The Bertz CT molecular complexity index is 766. The quantitative estimate of drug-likeness (QED) is 0.385. The van der Waals surface area contributed by atoms with Gasteiger partial charge in [-0.3, -0.25) is 0 Å². The van der Waals surface area contributed by atoms with E-state index in [0.29, 0.717) is 6.20 Å². The summed E-state index contributed by atoms with van der Waals surface area (Å²) in [5.74, 6) is -0.288. The van der Waals surface area contributed by atoms with Crippen molar-refractivity contribution in [2.24, 2.45) is 4.99 Å². The zero-order chi connectivity index (χ0) is 18.6. The summed E-state index contributed by atoms with van der Waals surface area (Å²) in [7, 11) is 3.47. The number of hydrogen-bond donors (Lipinski definition) is 1. The average Bonchev–Trinajstić information content (AvgIpc) is 2.96. The predicted octanol–water partition coefficient (Wildman–Crippen LogP) is 2.10. The highest BCUT2D eigenvalue weighted by Gasteiger charge is 2.32. The Kier molecular flexibility index (Phi) is 5.40. The van der Waals surface area contributed by atoms with Crippen molar-refractivity contribution in [2.75, 3.05) is 20.7 Å². The minimum atomic E-state index is -4.48. The van der Waals surface area contributed by atoms with Crippen LogP contribution < -0.4 is 4.68 Å². The fourth-order valence-corrected chi connectivity index (χ4v) is 1.89. The van der Waals surface area contributed by atoms with E-state index in [4.69, 9.17) is 4.74 Å². The van der Waals surface area contributed by atoms with E-state index in [9.17, 15) is 18.0 Å². The molecule has 0 atom stereocenters. The molecule has 0 amide bonds. The first-order valence-electron chi connectivity index (χ1n) is 7.28. The third-order valence-corrected chi connectivity index (χ3v) is 3.00. The average molecular weight is 356 g/mol. The van der Waals surface area contributed by atoms with E-state index in [-0.39, 0.29) is 23.8 Å². The van der Waals surface area contributed by atoms with Gasteiger partial charge in [0.25, 0.3) is 5.82 Å². The molecule has 0 spiro atoms. The summed E-state index contributed by atoms with van der Waals surface area (Å²) in [6.45, 7) is 1.85. The summed E-state index contributed by atoms with van der Waals surface area (Å²) in [5.41, 5.74) is -0.728. The van der Waals surface area contributed by atoms with Crippen molar-refractivity contribution in [3.63, 3.8) is 0 Å². The molecular weight excluding hydrogens is 339 g/mol. The van der Waals surface area contributed by atoms with Crippen LogP contribution in [0.3, 0.4) is 0 Å². The van der Waals surface area contributed by atoms with Crippen LogP contribution in [0.15, 0.2) is 29.5 Å². The lowest BCUT2D eigenvalue weighted by molar-refractivity contribution is -0.646. The number of alkyl halides is 3. The molecule has 0 aliphatic carbocycles. The molecule has 2 aromatic heterocycles. The van der Waals surface area contributed by atoms with Crippen LogP contribution in [0, 0.1) is 0 Å². The van der Waals surface area contributed by atoms with Gasteiger partial charge in [0.15, 0.2) is 11.9 Å². The molecule has 0 radical (unpaired) electrons. The molecule has 0 unspecified atom stereocenters. The normalized spacial score (nSPS) is 11.8. The number of halogens is 3. The van der Waals surface area contributed by atoms with Gasteiger partial charge in [-0.25, -0.2) is 9.89 Å². The molecule has 0 aliphatic rings. The van der Waals surface area contributed by atoms with Gasteiger partial charge in [-0.05, 0) is 13.0 Å². The largest absolute Gasteiger partial charge is 0.462 e. The second kappa shape index (κ2) is 7.32. The van der Waals surface area contributed by atoms with E-state index >= 15 is 0 Å². The highest BCUT2D eigenvalue weighted by atomic mass is 19.4. The Balaban J connectivity index is 2.48. The smallest absolute Gasteiger partial charge is 0.419 e. The number of aliphatic imine (C=N–C) groups is 1. The van der Waals surface area contributed by atoms with Crippen LogP contribution in [0.4, 0.5) is 19.0 Å². The second-order valence-electron chi connectivity index (χ2n) is 5.18. The first-order chi connectivity index (χ1) is 11.7. The third-order valence-electron chi connectivity index (χ3n) is 3.00. The number of ether oxygens (including phenoxy) is 1. The second-order valence-corrected chi connectivity index (χ2v) is 5.18. The van der Waals surface area contributed by atoms with Crippen molar-refractivity contribution >= 4 is 18.1 Å². The van der Waals surface area contributed by atoms with Crippen molar-refractivity contribution in [1.82, 2.24) is 15.0 Å². The maximum Gasteiger partial charge on any atom is 0.419 e. The first-order valence-corrected chi connectivity index (χ1v) is 7.28. The van der Waals surface area contributed by atoms with Crippen LogP contribution in [0.2, 0.25) is 0 Å². The number of H-pyrrole nitrogens is 1. The van der Waals surface area contributed by atoms with Crippen LogP contribution in [-0.2, 0) is 10.9 Å². The molecule has 10 heteroatoms. The molecule has 25 heavy (non-hydrogen) atoms. The number of hydrogen-bond acceptors (Lipinski definition) is 4. The number of carbonyl (C=O) groups is 1. The SMILES string of the molecule is CCOC(=O)c1c[nH][n+](-c2ccc(C(F)(F)F)cn2)c1N=CN(C)C. The fraction of sp³-hybridized carbons (Fsp3) is 0.333. The number of nitrogens with zero attached hydrogens (tertiary/aromatic N) is 4.